The lowest BCUT2D eigenvalue weighted by molar-refractivity contribution is 0.0675. The Morgan fingerprint density at radius 1 is 1.45 bits per heavy atom. The van der Waals surface area contributed by atoms with Gasteiger partial charge in [-0.15, -0.1) is 0 Å². The topological polar surface area (TPSA) is 118 Å². The largest absolute Gasteiger partial charge is 0.338 e. The standard InChI is InChI=1S/C11H17N5O3S/c12-20(18,19)15-4-9-2-1-3-16(7-9)11(17)10-5-13-8-14-6-10/h5-6,8-9,15H,1-4,7H2,(H2,12,18,19). The first-order chi connectivity index (χ1) is 9.46. The molecule has 20 heavy (non-hydrogen) atoms. The third-order valence-electron chi connectivity index (χ3n) is 3.19. The number of nitrogens with one attached hydrogen (secondary N) is 1. The zero-order valence-electron chi connectivity index (χ0n) is 10.9. The lowest BCUT2D eigenvalue weighted by atomic mass is 9.98. The summed E-state index contributed by atoms with van der Waals surface area (Å²) in [6, 6.07) is 0. The van der Waals surface area contributed by atoms with Crippen molar-refractivity contribution in [3.63, 3.8) is 0 Å². The van der Waals surface area contributed by atoms with E-state index in [0.717, 1.165) is 12.8 Å². The molecule has 0 radical (unpaired) electrons. The minimum atomic E-state index is -3.69. The van der Waals surface area contributed by atoms with Crippen LogP contribution < -0.4 is 9.86 Å². The maximum atomic E-state index is 12.2. The van der Waals surface area contributed by atoms with Crippen molar-refractivity contribution in [2.75, 3.05) is 19.6 Å². The van der Waals surface area contributed by atoms with E-state index in [0.29, 0.717) is 18.7 Å². The zero-order valence-corrected chi connectivity index (χ0v) is 11.7. The summed E-state index contributed by atoms with van der Waals surface area (Å²) in [4.78, 5) is 21.6. The van der Waals surface area contributed by atoms with E-state index < -0.39 is 10.2 Å². The van der Waals surface area contributed by atoms with Crippen LogP contribution in [0.25, 0.3) is 0 Å². The van der Waals surface area contributed by atoms with Crippen molar-refractivity contribution in [1.29, 1.82) is 0 Å². The van der Waals surface area contributed by atoms with Gasteiger partial charge in [-0.3, -0.25) is 4.79 Å². The molecule has 1 saturated heterocycles. The summed E-state index contributed by atoms with van der Waals surface area (Å²) < 4.78 is 24.0. The number of nitrogens with zero attached hydrogens (tertiary/aromatic N) is 3. The smallest absolute Gasteiger partial charge is 0.274 e. The summed E-state index contributed by atoms with van der Waals surface area (Å²) in [5.74, 6) is -0.0680. The minimum absolute atomic E-state index is 0.0654. The Kier molecular flexibility index (Phi) is 4.63. The summed E-state index contributed by atoms with van der Waals surface area (Å²) in [6.07, 6.45) is 6.00. The molecule has 1 aromatic rings. The SMILES string of the molecule is NS(=O)(=O)NCC1CCCN(C(=O)c2cncnc2)C1. The Labute approximate surface area is 117 Å². The van der Waals surface area contributed by atoms with Crippen LogP contribution in [0.4, 0.5) is 0 Å². The van der Waals surface area contributed by atoms with Crippen molar-refractivity contribution >= 4 is 16.1 Å². The van der Waals surface area contributed by atoms with Gasteiger partial charge in [0.1, 0.15) is 6.33 Å². The van der Waals surface area contributed by atoms with Gasteiger partial charge in [-0.05, 0) is 18.8 Å². The van der Waals surface area contributed by atoms with Crippen LogP contribution in [0.1, 0.15) is 23.2 Å². The lowest BCUT2D eigenvalue weighted by Crippen LogP contribution is -2.44. The minimum Gasteiger partial charge on any atom is -0.338 e. The molecule has 0 spiro atoms. The summed E-state index contributed by atoms with van der Waals surface area (Å²) in [5, 5.41) is 4.90. The summed E-state index contributed by atoms with van der Waals surface area (Å²) in [5.41, 5.74) is 0.438. The molecule has 1 unspecified atom stereocenters. The number of hydrogen-bond acceptors (Lipinski definition) is 5. The maximum Gasteiger partial charge on any atom is 0.274 e. The second-order valence-electron chi connectivity index (χ2n) is 4.78. The molecule has 3 N–H and O–H groups in total. The number of amides is 1. The second kappa shape index (κ2) is 6.25. The molecule has 1 aromatic heterocycles. The van der Waals surface area contributed by atoms with Crippen molar-refractivity contribution in [3.8, 4) is 0 Å². The van der Waals surface area contributed by atoms with Gasteiger partial charge in [-0.25, -0.2) is 19.8 Å². The van der Waals surface area contributed by atoms with Gasteiger partial charge in [0, 0.05) is 32.0 Å². The van der Waals surface area contributed by atoms with Crippen molar-refractivity contribution in [2.24, 2.45) is 11.1 Å². The number of rotatable bonds is 4. The molecule has 0 aromatic carbocycles. The lowest BCUT2D eigenvalue weighted by Gasteiger charge is -2.32. The molecule has 1 amide bonds. The fourth-order valence-electron chi connectivity index (χ4n) is 2.24. The van der Waals surface area contributed by atoms with Crippen LogP contribution in [-0.2, 0) is 10.2 Å². The molecule has 0 saturated carbocycles. The second-order valence-corrected chi connectivity index (χ2v) is 6.16. The summed E-state index contributed by atoms with van der Waals surface area (Å²) >= 11 is 0. The Morgan fingerprint density at radius 2 is 2.15 bits per heavy atom. The highest BCUT2D eigenvalue weighted by Gasteiger charge is 2.25. The number of aromatic nitrogens is 2. The maximum absolute atomic E-state index is 12.2. The molecule has 1 aliphatic rings. The molecular formula is C11H17N5O3S. The third-order valence-corrected chi connectivity index (χ3v) is 3.76. The van der Waals surface area contributed by atoms with Crippen molar-refractivity contribution in [3.05, 3.63) is 24.3 Å². The zero-order chi connectivity index (χ0) is 14.6. The van der Waals surface area contributed by atoms with Gasteiger partial charge >= 0.3 is 0 Å². The van der Waals surface area contributed by atoms with E-state index in [1.54, 1.807) is 4.90 Å². The number of hydrogen-bond donors (Lipinski definition) is 2. The van der Waals surface area contributed by atoms with Gasteiger partial charge in [0.05, 0.1) is 5.56 Å². The summed E-state index contributed by atoms with van der Waals surface area (Å²) in [6.45, 7) is 1.39. The fourth-order valence-corrected chi connectivity index (χ4v) is 2.71. The first kappa shape index (κ1) is 14.8. The Bertz CT molecular complexity index is 563. The van der Waals surface area contributed by atoms with E-state index in [1.807, 2.05) is 0 Å². The molecule has 0 bridgehead atoms. The number of piperidine rings is 1. The van der Waals surface area contributed by atoms with Crippen LogP contribution in [0.2, 0.25) is 0 Å². The fraction of sp³-hybridized carbons (Fsp3) is 0.545. The molecule has 1 fully saturated rings. The van der Waals surface area contributed by atoms with E-state index in [4.69, 9.17) is 5.14 Å². The van der Waals surface area contributed by atoms with Crippen LogP contribution in [0.3, 0.4) is 0 Å². The molecule has 8 nitrogen and oxygen atoms in total. The van der Waals surface area contributed by atoms with Crippen molar-refractivity contribution < 1.29 is 13.2 Å². The van der Waals surface area contributed by atoms with Crippen molar-refractivity contribution in [1.82, 2.24) is 19.6 Å². The van der Waals surface area contributed by atoms with Crippen LogP contribution in [0.5, 0.6) is 0 Å². The average Bonchev–Trinajstić information content (AvgIpc) is 2.45. The van der Waals surface area contributed by atoms with E-state index in [-0.39, 0.29) is 18.4 Å². The van der Waals surface area contributed by atoms with Crippen LogP contribution in [0.15, 0.2) is 18.7 Å². The predicted octanol–water partition coefficient (Wildman–Crippen LogP) is -0.878. The first-order valence-electron chi connectivity index (χ1n) is 6.27. The van der Waals surface area contributed by atoms with Gasteiger partial charge in [0.2, 0.25) is 0 Å². The van der Waals surface area contributed by atoms with Crippen molar-refractivity contribution in [2.45, 2.75) is 12.8 Å². The predicted molar refractivity (Wildman–Crippen MR) is 71.8 cm³/mol. The number of carbonyl (C=O) groups excluding carboxylic acids is 1. The highest BCUT2D eigenvalue weighted by molar-refractivity contribution is 7.87. The molecule has 0 aliphatic carbocycles. The van der Waals surface area contributed by atoms with Crippen LogP contribution in [-0.4, -0.2) is 48.8 Å². The number of likely N-dealkylation sites (tertiary alicyclic amines) is 1. The highest BCUT2D eigenvalue weighted by atomic mass is 32.2. The number of carbonyl (C=O) groups is 1. The molecule has 1 atom stereocenters. The van der Waals surface area contributed by atoms with Gasteiger partial charge in [0.25, 0.3) is 16.1 Å². The van der Waals surface area contributed by atoms with E-state index >= 15 is 0 Å². The van der Waals surface area contributed by atoms with E-state index in [2.05, 4.69) is 14.7 Å². The molecule has 2 rings (SSSR count). The Hall–Kier alpha value is -1.58. The monoisotopic (exact) mass is 299 g/mol. The summed E-state index contributed by atoms with van der Waals surface area (Å²) in [7, 11) is -3.69. The first-order valence-corrected chi connectivity index (χ1v) is 7.82. The van der Waals surface area contributed by atoms with Crippen LogP contribution in [0, 0.1) is 5.92 Å². The Morgan fingerprint density at radius 3 is 2.80 bits per heavy atom. The quantitative estimate of drug-likeness (QED) is 0.748. The van der Waals surface area contributed by atoms with Gasteiger partial charge in [-0.1, -0.05) is 0 Å². The van der Waals surface area contributed by atoms with E-state index in [1.165, 1.54) is 18.7 Å². The van der Waals surface area contributed by atoms with Crippen LogP contribution >= 0.6 is 0 Å². The molecule has 2 heterocycles. The number of nitrogens with two attached hydrogens (primary N) is 1. The van der Waals surface area contributed by atoms with Gasteiger partial charge in [0.15, 0.2) is 0 Å². The highest BCUT2D eigenvalue weighted by Crippen LogP contribution is 2.17. The molecule has 9 heteroatoms. The Balaban J connectivity index is 1.95. The van der Waals surface area contributed by atoms with Gasteiger partial charge in [-0.2, -0.15) is 8.42 Å². The normalized spacial score (nSPS) is 19.9. The van der Waals surface area contributed by atoms with E-state index in [9.17, 15) is 13.2 Å². The average molecular weight is 299 g/mol. The molecule has 1 aliphatic heterocycles. The molecular weight excluding hydrogens is 282 g/mol. The third kappa shape index (κ3) is 4.22. The molecule has 110 valence electrons. The van der Waals surface area contributed by atoms with Gasteiger partial charge < -0.3 is 4.90 Å².